The molecule has 2 heterocycles. The number of hydrogen-bond donors (Lipinski definition) is 0. The highest BCUT2D eigenvalue weighted by molar-refractivity contribution is 5.02. The van der Waals surface area contributed by atoms with Gasteiger partial charge < -0.3 is 9.47 Å². The summed E-state index contributed by atoms with van der Waals surface area (Å²) >= 11 is 0. The summed E-state index contributed by atoms with van der Waals surface area (Å²) in [4.78, 5) is 0. The van der Waals surface area contributed by atoms with Crippen LogP contribution in [0, 0.1) is 5.92 Å². The number of ether oxygens (including phenoxy) is 2. The Morgan fingerprint density at radius 3 is 3.22 bits per heavy atom. The Balaban J connectivity index is 2.13. The predicted molar refractivity (Wildman–Crippen MR) is 32.9 cm³/mol. The van der Waals surface area contributed by atoms with Gasteiger partial charge in [-0.1, -0.05) is 6.92 Å². The Bertz CT molecular complexity index is 142. The van der Waals surface area contributed by atoms with Crippen LogP contribution in [0.1, 0.15) is 6.92 Å². The van der Waals surface area contributed by atoms with Crippen molar-refractivity contribution in [2.45, 2.75) is 19.1 Å². The average molecular weight is 126 g/mol. The van der Waals surface area contributed by atoms with Gasteiger partial charge >= 0.3 is 0 Å². The maximum absolute atomic E-state index is 5.38. The molecule has 9 heavy (non-hydrogen) atoms. The lowest BCUT2D eigenvalue weighted by Crippen LogP contribution is -2.20. The van der Waals surface area contributed by atoms with Crippen molar-refractivity contribution in [2.24, 2.45) is 5.92 Å². The number of hydrogen-bond acceptors (Lipinski definition) is 2. The van der Waals surface area contributed by atoms with Gasteiger partial charge in [0, 0.05) is 5.92 Å². The van der Waals surface area contributed by atoms with E-state index in [1.165, 1.54) is 0 Å². The number of rotatable bonds is 0. The van der Waals surface area contributed by atoms with Gasteiger partial charge in [0.05, 0.1) is 12.9 Å². The largest absolute Gasteiger partial charge is 0.495 e. The molecule has 2 heteroatoms. The quantitative estimate of drug-likeness (QED) is 0.480. The highest BCUT2D eigenvalue weighted by Gasteiger charge is 2.36. The van der Waals surface area contributed by atoms with Crippen molar-refractivity contribution in [2.75, 3.05) is 6.61 Å². The van der Waals surface area contributed by atoms with Crippen molar-refractivity contribution in [3.8, 4) is 0 Å². The van der Waals surface area contributed by atoms with Gasteiger partial charge in [-0.3, -0.25) is 0 Å². The molecule has 2 rings (SSSR count). The van der Waals surface area contributed by atoms with Crippen LogP contribution in [0.25, 0.3) is 0 Å². The van der Waals surface area contributed by atoms with Gasteiger partial charge in [0.15, 0.2) is 0 Å². The minimum absolute atomic E-state index is 0.250. The molecule has 0 saturated carbocycles. The Labute approximate surface area is 54.5 Å². The lowest BCUT2D eigenvalue weighted by molar-refractivity contribution is 0.0864. The molecule has 3 atom stereocenters. The standard InChI is InChI=1S/C7H10O2/c1-5-4-9-6-2-3-8-7(5)6/h2-3,5-7H,4H2,1H3/t5-,6?,7?/m0/s1. The summed E-state index contributed by atoms with van der Waals surface area (Å²) in [6, 6.07) is 0. The van der Waals surface area contributed by atoms with E-state index >= 15 is 0 Å². The van der Waals surface area contributed by atoms with Crippen molar-refractivity contribution >= 4 is 0 Å². The predicted octanol–water partition coefficient (Wildman–Crippen LogP) is 0.934. The van der Waals surface area contributed by atoms with E-state index < -0.39 is 0 Å². The molecule has 2 nitrogen and oxygen atoms in total. The van der Waals surface area contributed by atoms with Gasteiger partial charge in [0.2, 0.25) is 0 Å². The van der Waals surface area contributed by atoms with E-state index in [-0.39, 0.29) is 6.10 Å². The Morgan fingerprint density at radius 1 is 1.56 bits per heavy atom. The maximum atomic E-state index is 5.38. The molecule has 2 aliphatic rings. The molecular weight excluding hydrogens is 116 g/mol. The van der Waals surface area contributed by atoms with E-state index in [0.717, 1.165) is 6.61 Å². The highest BCUT2D eigenvalue weighted by Crippen LogP contribution is 2.27. The van der Waals surface area contributed by atoms with Gasteiger partial charge in [-0.15, -0.1) is 0 Å². The van der Waals surface area contributed by atoms with Crippen LogP contribution >= 0.6 is 0 Å². The molecule has 0 amide bonds. The van der Waals surface area contributed by atoms with Gasteiger partial charge in [-0.25, -0.2) is 0 Å². The third kappa shape index (κ3) is 0.663. The molecule has 2 unspecified atom stereocenters. The first-order valence-electron chi connectivity index (χ1n) is 3.31. The van der Waals surface area contributed by atoms with Crippen LogP contribution < -0.4 is 0 Å². The normalized spacial score (nSPS) is 47.0. The van der Waals surface area contributed by atoms with E-state index in [1.807, 2.05) is 6.08 Å². The second-order valence-electron chi connectivity index (χ2n) is 2.70. The second-order valence-corrected chi connectivity index (χ2v) is 2.70. The van der Waals surface area contributed by atoms with Crippen LogP contribution in [-0.2, 0) is 9.47 Å². The van der Waals surface area contributed by atoms with Gasteiger partial charge in [-0.2, -0.15) is 0 Å². The zero-order valence-corrected chi connectivity index (χ0v) is 5.41. The smallest absolute Gasteiger partial charge is 0.132 e. The molecule has 2 aliphatic heterocycles. The van der Waals surface area contributed by atoms with Crippen molar-refractivity contribution in [1.82, 2.24) is 0 Å². The van der Waals surface area contributed by atoms with Crippen LogP contribution in [0.2, 0.25) is 0 Å². The zero-order valence-electron chi connectivity index (χ0n) is 5.41. The van der Waals surface area contributed by atoms with Gasteiger partial charge in [0.25, 0.3) is 0 Å². The molecule has 0 aromatic rings. The summed E-state index contributed by atoms with van der Waals surface area (Å²) in [6.45, 7) is 3.00. The molecule has 0 bridgehead atoms. The van der Waals surface area contributed by atoms with E-state index in [1.54, 1.807) is 6.26 Å². The minimum atomic E-state index is 0.250. The van der Waals surface area contributed by atoms with Crippen LogP contribution in [0.3, 0.4) is 0 Å². The van der Waals surface area contributed by atoms with Crippen LogP contribution in [0.15, 0.2) is 12.3 Å². The molecule has 0 aromatic heterocycles. The molecule has 0 aliphatic carbocycles. The minimum Gasteiger partial charge on any atom is -0.495 e. The summed E-state index contributed by atoms with van der Waals surface area (Å²) in [5.74, 6) is 0.560. The fraction of sp³-hybridized carbons (Fsp3) is 0.714. The molecule has 0 N–H and O–H groups in total. The van der Waals surface area contributed by atoms with Crippen molar-refractivity contribution in [3.05, 3.63) is 12.3 Å². The Morgan fingerprint density at radius 2 is 2.44 bits per heavy atom. The summed E-state index contributed by atoms with van der Waals surface area (Å²) < 4.78 is 10.7. The lowest BCUT2D eigenvalue weighted by atomic mass is 10.1. The van der Waals surface area contributed by atoms with E-state index in [2.05, 4.69) is 6.92 Å². The summed E-state index contributed by atoms with van der Waals surface area (Å²) in [6.07, 6.45) is 4.28. The summed E-state index contributed by atoms with van der Waals surface area (Å²) in [5.41, 5.74) is 0. The Hall–Kier alpha value is -0.500. The Kier molecular flexibility index (Phi) is 1.02. The molecule has 0 radical (unpaired) electrons. The molecule has 0 spiro atoms. The lowest BCUT2D eigenvalue weighted by Gasteiger charge is -2.10. The van der Waals surface area contributed by atoms with Gasteiger partial charge in [-0.05, 0) is 6.08 Å². The summed E-state index contributed by atoms with van der Waals surface area (Å²) in [7, 11) is 0. The van der Waals surface area contributed by atoms with Crippen LogP contribution in [0.4, 0.5) is 0 Å². The van der Waals surface area contributed by atoms with Crippen molar-refractivity contribution in [3.63, 3.8) is 0 Å². The van der Waals surface area contributed by atoms with Crippen molar-refractivity contribution < 1.29 is 9.47 Å². The average Bonchev–Trinajstić information content (AvgIpc) is 2.35. The fourth-order valence-electron chi connectivity index (χ4n) is 1.37. The SMILES string of the molecule is C[C@H]1COC2C=COC21. The first-order valence-corrected chi connectivity index (χ1v) is 3.31. The first kappa shape index (κ1) is 5.30. The van der Waals surface area contributed by atoms with Crippen LogP contribution in [0.5, 0.6) is 0 Å². The molecule has 0 aromatic carbocycles. The zero-order chi connectivity index (χ0) is 6.27. The molecule has 50 valence electrons. The third-order valence-corrected chi connectivity index (χ3v) is 1.94. The van der Waals surface area contributed by atoms with Crippen molar-refractivity contribution in [1.29, 1.82) is 0 Å². The molecule has 1 saturated heterocycles. The number of fused-ring (bicyclic) bond motifs is 1. The van der Waals surface area contributed by atoms with E-state index in [4.69, 9.17) is 9.47 Å². The monoisotopic (exact) mass is 126 g/mol. The summed E-state index contributed by atoms with van der Waals surface area (Å²) in [5, 5.41) is 0. The highest BCUT2D eigenvalue weighted by atomic mass is 16.6. The first-order chi connectivity index (χ1) is 4.38. The molecular formula is C7H10O2. The van der Waals surface area contributed by atoms with Crippen LogP contribution in [-0.4, -0.2) is 18.8 Å². The maximum Gasteiger partial charge on any atom is 0.132 e. The fourth-order valence-corrected chi connectivity index (χ4v) is 1.37. The second kappa shape index (κ2) is 1.74. The van der Waals surface area contributed by atoms with Gasteiger partial charge in [0.1, 0.15) is 12.2 Å². The third-order valence-electron chi connectivity index (χ3n) is 1.94. The topological polar surface area (TPSA) is 18.5 Å². The van der Waals surface area contributed by atoms with E-state index in [9.17, 15) is 0 Å². The molecule has 1 fully saturated rings. The van der Waals surface area contributed by atoms with E-state index in [0.29, 0.717) is 12.0 Å².